The van der Waals surface area contributed by atoms with Crippen molar-refractivity contribution in [2.24, 2.45) is 0 Å². The van der Waals surface area contributed by atoms with Crippen LogP contribution in [0.4, 0.5) is 19.0 Å². The Balaban J connectivity index is 1.38. The van der Waals surface area contributed by atoms with E-state index in [1.165, 1.54) is 19.4 Å². The van der Waals surface area contributed by atoms with Gasteiger partial charge in [0.25, 0.3) is 5.91 Å². The number of anilines is 1. The summed E-state index contributed by atoms with van der Waals surface area (Å²) < 4.78 is 53.1. The van der Waals surface area contributed by atoms with E-state index in [0.29, 0.717) is 68.5 Å². The van der Waals surface area contributed by atoms with Crippen molar-refractivity contribution < 1.29 is 27.4 Å². The molecule has 3 aliphatic heterocycles. The largest absolute Gasteiger partial charge is 0.496 e. The van der Waals surface area contributed by atoms with Crippen LogP contribution in [0, 0.1) is 0 Å². The summed E-state index contributed by atoms with van der Waals surface area (Å²) in [7, 11) is 1.23. The van der Waals surface area contributed by atoms with Crippen molar-refractivity contribution in [2.75, 3.05) is 51.3 Å². The van der Waals surface area contributed by atoms with Gasteiger partial charge in [0, 0.05) is 50.0 Å². The zero-order valence-electron chi connectivity index (χ0n) is 23.6. The molecule has 9 nitrogen and oxygen atoms in total. The second-order valence-electron chi connectivity index (χ2n) is 10.9. The third-order valence-electron chi connectivity index (χ3n) is 8.62. The van der Waals surface area contributed by atoms with Crippen molar-refractivity contribution in [3.63, 3.8) is 0 Å². The van der Waals surface area contributed by atoms with E-state index in [4.69, 9.17) is 14.5 Å². The number of methoxy groups -OCH3 is 1. The van der Waals surface area contributed by atoms with E-state index >= 15 is 0 Å². The van der Waals surface area contributed by atoms with Crippen molar-refractivity contribution >= 4 is 11.7 Å². The zero-order chi connectivity index (χ0) is 29.5. The van der Waals surface area contributed by atoms with E-state index in [9.17, 15) is 18.0 Å². The Morgan fingerprint density at radius 2 is 1.93 bits per heavy atom. The highest BCUT2D eigenvalue weighted by Gasteiger charge is 2.49. The number of carbonyl (C=O) groups is 1. The molecule has 3 aromatic heterocycles. The molecule has 0 bridgehead atoms. The van der Waals surface area contributed by atoms with Crippen LogP contribution in [0.3, 0.4) is 0 Å². The number of pyridine rings is 3. The second kappa shape index (κ2) is 11.0. The maximum atomic E-state index is 14.1. The number of amides is 1. The second-order valence-corrected chi connectivity index (χ2v) is 10.9. The number of ether oxygens (including phenoxy) is 2. The van der Waals surface area contributed by atoms with Crippen molar-refractivity contribution in [1.82, 2.24) is 25.2 Å². The molecule has 0 aliphatic carbocycles. The van der Waals surface area contributed by atoms with E-state index in [0.717, 1.165) is 18.5 Å². The van der Waals surface area contributed by atoms with Crippen LogP contribution in [-0.2, 0) is 11.6 Å². The van der Waals surface area contributed by atoms with Gasteiger partial charge in [0.2, 0.25) is 5.88 Å². The molecule has 12 heteroatoms. The van der Waals surface area contributed by atoms with Crippen LogP contribution < -0.4 is 19.7 Å². The van der Waals surface area contributed by atoms with E-state index < -0.39 is 17.2 Å². The van der Waals surface area contributed by atoms with Gasteiger partial charge in [-0.2, -0.15) is 13.2 Å². The highest BCUT2D eigenvalue weighted by molar-refractivity contribution is 5.96. The van der Waals surface area contributed by atoms with Gasteiger partial charge in [-0.15, -0.1) is 0 Å². The quantitative estimate of drug-likeness (QED) is 0.460. The third kappa shape index (κ3) is 4.91. The molecule has 3 aromatic rings. The van der Waals surface area contributed by atoms with Crippen molar-refractivity contribution in [3.8, 4) is 22.9 Å². The minimum absolute atomic E-state index is 0.0280. The minimum Gasteiger partial charge on any atom is -0.496 e. The maximum absolute atomic E-state index is 14.1. The lowest BCUT2D eigenvalue weighted by Gasteiger charge is -2.49. The average Bonchev–Trinajstić information content (AvgIpc) is 3.54. The summed E-state index contributed by atoms with van der Waals surface area (Å²) in [5.74, 6) is -0.0554. The van der Waals surface area contributed by atoms with Crippen molar-refractivity contribution in [2.45, 2.75) is 43.8 Å². The lowest BCUT2D eigenvalue weighted by atomic mass is 9.69. The first kappa shape index (κ1) is 28.2. The predicted molar refractivity (Wildman–Crippen MR) is 150 cm³/mol. The topological polar surface area (TPSA) is 92.7 Å². The Bertz CT molecular complexity index is 1470. The van der Waals surface area contributed by atoms with Crippen LogP contribution in [0.2, 0.25) is 0 Å². The predicted octanol–water partition coefficient (Wildman–Crippen LogP) is 4.32. The fourth-order valence-electron chi connectivity index (χ4n) is 6.54. The minimum atomic E-state index is -4.62. The number of hydrogen-bond acceptors (Lipinski definition) is 8. The van der Waals surface area contributed by atoms with Gasteiger partial charge in [0.05, 0.1) is 25.0 Å². The molecule has 1 spiro atoms. The molecule has 222 valence electrons. The van der Waals surface area contributed by atoms with Gasteiger partial charge < -0.3 is 24.6 Å². The highest BCUT2D eigenvalue weighted by Crippen LogP contribution is 2.46. The Kier molecular flexibility index (Phi) is 7.42. The molecule has 0 radical (unpaired) electrons. The van der Waals surface area contributed by atoms with E-state index in [1.54, 1.807) is 17.2 Å². The number of halogens is 3. The Hall–Kier alpha value is -3.93. The normalized spacial score (nSPS) is 20.1. The molecule has 42 heavy (non-hydrogen) atoms. The number of carbonyl (C=O) groups excluding carboxylic acids is 1. The molecular formula is C30H33F3N6O3. The lowest BCUT2D eigenvalue weighted by molar-refractivity contribution is -0.138. The number of piperidine rings is 1. The zero-order valence-corrected chi connectivity index (χ0v) is 23.6. The summed E-state index contributed by atoms with van der Waals surface area (Å²) in [4.78, 5) is 31.0. The number of nitrogens with one attached hydrogen (secondary N) is 1. The number of fused-ring (bicyclic) bond motifs is 2. The number of hydrogen-bond donors (Lipinski definition) is 1. The SMILES string of the molecule is CCOc1ncccc1-c1ccc2c(n1)C(=O)N(C1CCNC1)CC21CCN(c2nccc(OC)c2C(F)(F)F)CC1. The summed E-state index contributed by atoms with van der Waals surface area (Å²) in [5, 5.41) is 3.35. The molecule has 6 heterocycles. The van der Waals surface area contributed by atoms with Gasteiger partial charge in [-0.1, -0.05) is 6.07 Å². The molecule has 0 saturated carbocycles. The number of rotatable bonds is 6. The molecule has 2 fully saturated rings. The van der Waals surface area contributed by atoms with Gasteiger partial charge in [-0.3, -0.25) is 4.79 Å². The fourth-order valence-corrected chi connectivity index (χ4v) is 6.54. The maximum Gasteiger partial charge on any atom is 0.423 e. The van der Waals surface area contributed by atoms with Crippen molar-refractivity contribution in [3.05, 3.63) is 59.5 Å². The molecule has 6 rings (SSSR count). The number of alkyl halides is 3. The molecule has 1 amide bonds. The monoisotopic (exact) mass is 582 g/mol. The summed E-state index contributed by atoms with van der Waals surface area (Å²) in [6, 6.07) is 8.78. The van der Waals surface area contributed by atoms with Crippen LogP contribution in [0.5, 0.6) is 11.6 Å². The molecular weight excluding hydrogens is 549 g/mol. The van der Waals surface area contributed by atoms with E-state index in [2.05, 4.69) is 15.3 Å². The molecule has 1 atom stereocenters. The Morgan fingerprint density at radius 3 is 2.62 bits per heavy atom. The Labute approximate surface area is 242 Å². The number of nitrogens with zero attached hydrogens (tertiary/aromatic N) is 5. The standard InChI is InChI=1S/C30H33F3N6O3/c1-3-42-27-20(5-4-12-36-27)22-7-6-21-25(37-22)28(40)39(19-8-13-34-17-19)18-29(21)10-15-38(16-11-29)26-24(30(31,32)33)23(41-2)9-14-35-26/h4-7,9,12,14,19,34H,3,8,10-11,13,15-18H2,1-2H3. The summed E-state index contributed by atoms with van der Waals surface area (Å²) in [6.45, 7) is 5.01. The first-order valence-corrected chi connectivity index (χ1v) is 14.2. The van der Waals surface area contributed by atoms with E-state index in [1.807, 2.05) is 30.0 Å². The van der Waals surface area contributed by atoms with E-state index in [-0.39, 0.29) is 23.5 Å². The van der Waals surface area contributed by atoms with Crippen LogP contribution in [0.1, 0.15) is 47.8 Å². The van der Waals surface area contributed by atoms with Crippen LogP contribution >= 0.6 is 0 Å². The van der Waals surface area contributed by atoms with Crippen molar-refractivity contribution in [1.29, 1.82) is 0 Å². The van der Waals surface area contributed by atoms with Crippen LogP contribution in [0.15, 0.2) is 42.7 Å². The number of aromatic nitrogens is 3. The van der Waals surface area contributed by atoms with Gasteiger partial charge >= 0.3 is 6.18 Å². The highest BCUT2D eigenvalue weighted by atomic mass is 19.4. The van der Waals surface area contributed by atoms with Gasteiger partial charge in [0.15, 0.2) is 0 Å². The van der Waals surface area contributed by atoms with Gasteiger partial charge in [0.1, 0.15) is 22.8 Å². The molecule has 1 unspecified atom stereocenters. The van der Waals surface area contributed by atoms with Gasteiger partial charge in [-0.05, 0) is 62.6 Å². The van der Waals surface area contributed by atoms with Crippen LogP contribution in [-0.4, -0.2) is 78.2 Å². The fraction of sp³-hybridized carbons (Fsp3) is 0.467. The molecule has 1 N–H and O–H groups in total. The first-order chi connectivity index (χ1) is 20.3. The molecule has 0 aromatic carbocycles. The smallest absolute Gasteiger partial charge is 0.423 e. The van der Waals surface area contributed by atoms with Gasteiger partial charge in [-0.25, -0.2) is 15.0 Å². The third-order valence-corrected chi connectivity index (χ3v) is 8.62. The molecule has 2 saturated heterocycles. The summed E-state index contributed by atoms with van der Waals surface area (Å²) >= 11 is 0. The van der Waals surface area contributed by atoms with Crippen LogP contribution in [0.25, 0.3) is 11.3 Å². The first-order valence-electron chi connectivity index (χ1n) is 14.2. The summed E-state index contributed by atoms with van der Waals surface area (Å²) in [6.07, 6.45) is 0.293. The molecule has 3 aliphatic rings. The summed E-state index contributed by atoms with van der Waals surface area (Å²) in [5.41, 5.74) is 1.20. The lowest BCUT2D eigenvalue weighted by Crippen LogP contribution is -2.57. The average molecular weight is 583 g/mol. The Morgan fingerprint density at radius 1 is 1.12 bits per heavy atom.